The minimum atomic E-state index is 0.0387. The molecule has 0 N–H and O–H groups in total. The number of nitrogens with zero attached hydrogens (tertiary/aromatic N) is 3. The standard InChI is InChI=1S/C20H23N3O3/c1-22(2)12-16-10-14(7-8-21-16)17-4-3-9-23(17)20(24)15-5-6-18-19(11-15)26-13-25-18/h5-8,10-11,17H,3-4,9,12-13H2,1-2H3. The second-order valence-corrected chi connectivity index (χ2v) is 7.04. The van der Waals surface area contributed by atoms with Crippen molar-refractivity contribution < 1.29 is 14.3 Å². The first kappa shape index (κ1) is 16.8. The molecule has 0 bridgehead atoms. The summed E-state index contributed by atoms with van der Waals surface area (Å²) in [6.07, 6.45) is 3.82. The minimum absolute atomic E-state index is 0.0387. The van der Waals surface area contributed by atoms with E-state index in [4.69, 9.17) is 9.47 Å². The van der Waals surface area contributed by atoms with Gasteiger partial charge >= 0.3 is 0 Å². The van der Waals surface area contributed by atoms with Crippen molar-refractivity contribution >= 4 is 5.91 Å². The minimum Gasteiger partial charge on any atom is -0.454 e. The Balaban J connectivity index is 1.57. The van der Waals surface area contributed by atoms with Gasteiger partial charge in [0.25, 0.3) is 5.91 Å². The summed E-state index contributed by atoms with van der Waals surface area (Å²) in [5.74, 6) is 1.38. The molecule has 2 aromatic rings. The van der Waals surface area contributed by atoms with Crippen LogP contribution in [0.3, 0.4) is 0 Å². The third kappa shape index (κ3) is 3.24. The summed E-state index contributed by atoms with van der Waals surface area (Å²) in [4.78, 5) is 21.6. The second-order valence-electron chi connectivity index (χ2n) is 7.04. The maximum Gasteiger partial charge on any atom is 0.254 e. The lowest BCUT2D eigenvalue weighted by Gasteiger charge is -2.25. The van der Waals surface area contributed by atoms with Crippen LogP contribution in [0, 0.1) is 0 Å². The van der Waals surface area contributed by atoms with E-state index in [9.17, 15) is 4.79 Å². The van der Waals surface area contributed by atoms with Crippen molar-refractivity contribution in [1.82, 2.24) is 14.8 Å². The first-order valence-electron chi connectivity index (χ1n) is 8.92. The van der Waals surface area contributed by atoms with Gasteiger partial charge in [0.15, 0.2) is 11.5 Å². The molecule has 1 saturated heterocycles. The first-order valence-corrected chi connectivity index (χ1v) is 8.92. The molecule has 2 aliphatic rings. The normalized spacial score (nSPS) is 18.6. The summed E-state index contributed by atoms with van der Waals surface area (Å²) in [7, 11) is 4.05. The second kappa shape index (κ2) is 6.96. The van der Waals surface area contributed by atoms with Crippen LogP contribution < -0.4 is 9.47 Å². The van der Waals surface area contributed by atoms with Crippen LogP contribution >= 0.6 is 0 Å². The Kier molecular flexibility index (Phi) is 4.51. The number of carbonyl (C=O) groups is 1. The van der Waals surface area contributed by atoms with E-state index in [0.29, 0.717) is 17.1 Å². The first-order chi connectivity index (χ1) is 12.6. The number of rotatable bonds is 4. The number of ether oxygens (including phenoxy) is 2. The van der Waals surface area contributed by atoms with Gasteiger partial charge in [0.1, 0.15) is 0 Å². The molecule has 1 unspecified atom stereocenters. The number of hydrogen-bond acceptors (Lipinski definition) is 5. The van der Waals surface area contributed by atoms with Crippen LogP contribution in [0.2, 0.25) is 0 Å². The molecule has 0 saturated carbocycles. The van der Waals surface area contributed by atoms with Gasteiger partial charge in [-0.2, -0.15) is 0 Å². The van der Waals surface area contributed by atoms with Crippen molar-refractivity contribution in [3.05, 3.63) is 53.3 Å². The van der Waals surface area contributed by atoms with E-state index in [1.807, 2.05) is 43.4 Å². The molecule has 136 valence electrons. The predicted octanol–water partition coefficient (Wildman–Crippen LogP) is 2.85. The quantitative estimate of drug-likeness (QED) is 0.846. The molecular weight excluding hydrogens is 330 g/mol. The Labute approximate surface area is 153 Å². The summed E-state index contributed by atoms with van der Waals surface area (Å²) in [5, 5.41) is 0. The van der Waals surface area contributed by atoms with Crippen LogP contribution in [-0.2, 0) is 6.54 Å². The number of benzene rings is 1. The smallest absolute Gasteiger partial charge is 0.254 e. The Morgan fingerprint density at radius 3 is 2.92 bits per heavy atom. The molecule has 1 fully saturated rings. The third-order valence-corrected chi connectivity index (χ3v) is 4.84. The monoisotopic (exact) mass is 353 g/mol. The van der Waals surface area contributed by atoms with Crippen LogP contribution in [0.25, 0.3) is 0 Å². The van der Waals surface area contributed by atoms with Crippen molar-refractivity contribution in [3.8, 4) is 11.5 Å². The average Bonchev–Trinajstić information content (AvgIpc) is 3.29. The maximum absolute atomic E-state index is 13.1. The SMILES string of the molecule is CN(C)Cc1cc(C2CCCN2C(=O)c2ccc3c(c2)OCO3)ccn1. The highest BCUT2D eigenvalue weighted by Gasteiger charge is 2.31. The summed E-state index contributed by atoms with van der Waals surface area (Å²) >= 11 is 0. The molecule has 1 amide bonds. The van der Waals surface area contributed by atoms with Gasteiger partial charge in [-0.15, -0.1) is 0 Å². The molecule has 26 heavy (non-hydrogen) atoms. The summed E-state index contributed by atoms with van der Waals surface area (Å²) in [6, 6.07) is 9.64. The number of pyridine rings is 1. The molecule has 2 aliphatic heterocycles. The number of amides is 1. The van der Waals surface area contributed by atoms with Crippen LogP contribution in [0.1, 0.15) is 40.5 Å². The van der Waals surface area contributed by atoms with E-state index in [2.05, 4.69) is 16.0 Å². The molecule has 0 radical (unpaired) electrons. The molecule has 3 heterocycles. The highest BCUT2D eigenvalue weighted by Crippen LogP contribution is 2.36. The van der Waals surface area contributed by atoms with Crippen molar-refractivity contribution in [3.63, 3.8) is 0 Å². The highest BCUT2D eigenvalue weighted by molar-refractivity contribution is 5.95. The fourth-order valence-electron chi connectivity index (χ4n) is 3.67. The number of carbonyl (C=O) groups excluding carboxylic acids is 1. The molecule has 6 nitrogen and oxygen atoms in total. The Morgan fingerprint density at radius 1 is 1.23 bits per heavy atom. The van der Waals surface area contributed by atoms with Crippen molar-refractivity contribution in [1.29, 1.82) is 0 Å². The molecule has 1 aromatic heterocycles. The molecular formula is C20H23N3O3. The lowest BCUT2D eigenvalue weighted by Crippen LogP contribution is -2.30. The van der Waals surface area contributed by atoms with Crippen molar-refractivity contribution in [2.75, 3.05) is 27.4 Å². The van der Waals surface area contributed by atoms with Crippen molar-refractivity contribution in [2.24, 2.45) is 0 Å². The van der Waals surface area contributed by atoms with E-state index in [1.54, 1.807) is 6.07 Å². The zero-order chi connectivity index (χ0) is 18.1. The highest BCUT2D eigenvalue weighted by atomic mass is 16.7. The van der Waals surface area contributed by atoms with E-state index < -0.39 is 0 Å². The number of likely N-dealkylation sites (tertiary alicyclic amines) is 1. The number of fused-ring (bicyclic) bond motifs is 1. The van der Waals surface area contributed by atoms with Crippen LogP contribution in [0.15, 0.2) is 36.5 Å². The zero-order valence-corrected chi connectivity index (χ0v) is 15.1. The van der Waals surface area contributed by atoms with Gasteiger partial charge < -0.3 is 19.3 Å². The Morgan fingerprint density at radius 2 is 2.08 bits per heavy atom. The number of hydrogen-bond donors (Lipinski definition) is 0. The Hall–Kier alpha value is -2.60. The lowest BCUT2D eigenvalue weighted by atomic mass is 10.0. The van der Waals surface area contributed by atoms with E-state index in [0.717, 1.165) is 37.2 Å². The largest absolute Gasteiger partial charge is 0.454 e. The summed E-state index contributed by atoms with van der Waals surface area (Å²) in [6.45, 7) is 1.77. The average molecular weight is 353 g/mol. The lowest BCUT2D eigenvalue weighted by molar-refractivity contribution is 0.0735. The maximum atomic E-state index is 13.1. The van der Waals surface area contributed by atoms with Crippen molar-refractivity contribution in [2.45, 2.75) is 25.4 Å². The van der Waals surface area contributed by atoms with E-state index in [1.165, 1.54) is 0 Å². The van der Waals surface area contributed by atoms with Crippen LogP contribution in [0.4, 0.5) is 0 Å². The van der Waals surface area contributed by atoms with Gasteiger partial charge in [0.2, 0.25) is 6.79 Å². The molecule has 0 spiro atoms. The van der Waals surface area contributed by atoms with Gasteiger partial charge in [-0.05, 0) is 62.8 Å². The fraction of sp³-hybridized carbons (Fsp3) is 0.400. The molecule has 1 aromatic carbocycles. The summed E-state index contributed by atoms with van der Waals surface area (Å²) in [5.41, 5.74) is 2.82. The molecule has 6 heteroatoms. The van der Waals surface area contributed by atoms with E-state index in [-0.39, 0.29) is 18.7 Å². The Bertz CT molecular complexity index is 822. The topological polar surface area (TPSA) is 54.9 Å². The predicted molar refractivity (Wildman–Crippen MR) is 97.2 cm³/mol. The van der Waals surface area contributed by atoms with Crippen LogP contribution in [0.5, 0.6) is 11.5 Å². The molecule has 1 atom stereocenters. The molecule has 4 rings (SSSR count). The van der Waals surface area contributed by atoms with Gasteiger partial charge in [-0.1, -0.05) is 0 Å². The van der Waals surface area contributed by atoms with Gasteiger partial charge in [0, 0.05) is 24.8 Å². The summed E-state index contributed by atoms with van der Waals surface area (Å²) < 4.78 is 10.7. The zero-order valence-electron chi connectivity index (χ0n) is 15.1. The third-order valence-electron chi connectivity index (χ3n) is 4.84. The van der Waals surface area contributed by atoms with Gasteiger partial charge in [-0.25, -0.2) is 0 Å². The fourth-order valence-corrected chi connectivity index (χ4v) is 3.67. The van der Waals surface area contributed by atoms with Crippen LogP contribution in [-0.4, -0.2) is 48.1 Å². The van der Waals surface area contributed by atoms with Gasteiger partial charge in [0.05, 0.1) is 11.7 Å². The van der Waals surface area contributed by atoms with Gasteiger partial charge in [-0.3, -0.25) is 9.78 Å². The van der Waals surface area contributed by atoms with E-state index >= 15 is 0 Å². The molecule has 0 aliphatic carbocycles. The number of aromatic nitrogens is 1.